The van der Waals surface area contributed by atoms with Crippen LogP contribution in [0.2, 0.25) is 15.1 Å². The molecule has 1 nitrogen and oxygen atoms in total. The Balaban J connectivity index is 2.62. The Bertz CT molecular complexity index is 382. The maximum Gasteiger partial charge on any atom is 0.139 e. The van der Waals surface area contributed by atoms with Gasteiger partial charge in [0, 0.05) is 12.5 Å². The summed E-state index contributed by atoms with van der Waals surface area (Å²) in [5.74, 6) is 3.06. The molecule has 15 heavy (non-hydrogen) atoms. The lowest BCUT2D eigenvalue weighted by atomic mass is 10.3. The molecule has 0 fully saturated rings. The Morgan fingerprint density at radius 3 is 2.47 bits per heavy atom. The van der Waals surface area contributed by atoms with Gasteiger partial charge in [-0.3, -0.25) is 0 Å². The van der Waals surface area contributed by atoms with Gasteiger partial charge in [-0.25, -0.2) is 0 Å². The van der Waals surface area contributed by atoms with Crippen molar-refractivity contribution >= 4 is 34.8 Å². The maximum atomic E-state index is 5.91. The van der Waals surface area contributed by atoms with Crippen molar-refractivity contribution < 1.29 is 4.74 Å². The molecule has 1 rings (SSSR count). The zero-order valence-electron chi connectivity index (χ0n) is 7.90. The van der Waals surface area contributed by atoms with Gasteiger partial charge in [0.25, 0.3) is 0 Å². The molecule has 0 spiro atoms. The van der Waals surface area contributed by atoms with E-state index in [9.17, 15) is 0 Å². The van der Waals surface area contributed by atoms with Crippen LogP contribution in [-0.2, 0) is 0 Å². The summed E-state index contributed by atoms with van der Waals surface area (Å²) in [7, 11) is 0. The molecule has 0 aromatic heterocycles. The predicted octanol–water partition coefficient (Wildman–Crippen LogP) is 4.44. The Hall–Kier alpha value is -0.550. The number of terminal acetylenes is 1. The molecule has 0 unspecified atom stereocenters. The van der Waals surface area contributed by atoms with E-state index in [1.165, 1.54) is 0 Å². The van der Waals surface area contributed by atoms with Crippen LogP contribution < -0.4 is 4.74 Å². The average molecular weight is 264 g/mol. The molecule has 0 bridgehead atoms. The fourth-order valence-electron chi connectivity index (χ4n) is 0.971. The lowest BCUT2D eigenvalue weighted by Gasteiger charge is -2.08. The number of hydrogen-bond donors (Lipinski definition) is 0. The first-order valence-electron chi connectivity index (χ1n) is 4.36. The van der Waals surface area contributed by atoms with Crippen molar-refractivity contribution in [2.45, 2.75) is 12.8 Å². The summed E-state index contributed by atoms with van der Waals surface area (Å²) in [4.78, 5) is 0. The molecule has 0 aliphatic rings. The first kappa shape index (κ1) is 12.5. The van der Waals surface area contributed by atoms with Gasteiger partial charge in [-0.2, -0.15) is 0 Å². The quantitative estimate of drug-likeness (QED) is 0.443. The van der Waals surface area contributed by atoms with Gasteiger partial charge in [0.1, 0.15) is 5.75 Å². The van der Waals surface area contributed by atoms with E-state index in [-0.39, 0.29) is 0 Å². The minimum atomic E-state index is 0.414. The van der Waals surface area contributed by atoms with Crippen molar-refractivity contribution in [3.8, 4) is 18.1 Å². The van der Waals surface area contributed by atoms with Crippen LogP contribution in [0.5, 0.6) is 5.75 Å². The first-order chi connectivity index (χ1) is 7.15. The van der Waals surface area contributed by atoms with Crippen LogP contribution in [0.4, 0.5) is 0 Å². The molecule has 1 aromatic carbocycles. The normalized spacial score (nSPS) is 9.73. The topological polar surface area (TPSA) is 9.23 Å². The minimum absolute atomic E-state index is 0.414. The first-order valence-corrected chi connectivity index (χ1v) is 5.49. The number of ether oxygens (including phenoxy) is 1. The van der Waals surface area contributed by atoms with Gasteiger partial charge >= 0.3 is 0 Å². The highest BCUT2D eigenvalue weighted by Crippen LogP contribution is 2.33. The van der Waals surface area contributed by atoms with Gasteiger partial charge in [-0.15, -0.1) is 12.3 Å². The zero-order chi connectivity index (χ0) is 11.3. The van der Waals surface area contributed by atoms with Gasteiger partial charge in [-0.05, 0) is 12.5 Å². The number of rotatable bonds is 4. The second-order valence-corrected chi connectivity index (χ2v) is 4.07. The van der Waals surface area contributed by atoms with Crippen LogP contribution >= 0.6 is 34.8 Å². The van der Waals surface area contributed by atoms with Crippen LogP contribution in [0.1, 0.15) is 12.8 Å². The van der Waals surface area contributed by atoms with E-state index in [1.54, 1.807) is 12.1 Å². The smallest absolute Gasteiger partial charge is 0.139 e. The van der Waals surface area contributed by atoms with E-state index in [0.29, 0.717) is 33.8 Å². The number of benzene rings is 1. The fraction of sp³-hybridized carbons (Fsp3) is 0.273. The molecule has 0 amide bonds. The molecule has 0 aliphatic carbocycles. The molecular formula is C11H9Cl3O. The lowest BCUT2D eigenvalue weighted by Crippen LogP contribution is -1.97. The Labute approximate surface area is 104 Å². The Morgan fingerprint density at radius 2 is 1.80 bits per heavy atom. The average Bonchev–Trinajstić information content (AvgIpc) is 2.20. The Kier molecular flexibility index (Phi) is 5.11. The van der Waals surface area contributed by atoms with Gasteiger partial charge in [0.2, 0.25) is 0 Å². The standard InChI is InChI=1S/C11H9Cl3O/c1-2-3-4-5-15-11-7-9(13)8(12)6-10(11)14/h1,6-7H,3-5H2. The summed E-state index contributed by atoms with van der Waals surface area (Å²) in [6, 6.07) is 3.16. The van der Waals surface area contributed by atoms with E-state index in [2.05, 4.69) is 5.92 Å². The number of halogens is 3. The largest absolute Gasteiger partial charge is 0.492 e. The van der Waals surface area contributed by atoms with Crippen molar-refractivity contribution in [1.82, 2.24) is 0 Å². The molecule has 0 atom stereocenters. The second-order valence-electron chi connectivity index (χ2n) is 2.85. The van der Waals surface area contributed by atoms with Gasteiger partial charge < -0.3 is 4.74 Å². The SMILES string of the molecule is C#CCCCOc1cc(Cl)c(Cl)cc1Cl. The maximum absolute atomic E-state index is 5.91. The van der Waals surface area contributed by atoms with E-state index in [0.717, 1.165) is 6.42 Å². The van der Waals surface area contributed by atoms with E-state index in [4.69, 9.17) is 46.0 Å². The molecule has 0 N–H and O–H groups in total. The van der Waals surface area contributed by atoms with E-state index >= 15 is 0 Å². The highest BCUT2D eigenvalue weighted by molar-refractivity contribution is 6.43. The van der Waals surface area contributed by atoms with Gasteiger partial charge in [0.15, 0.2) is 0 Å². The second kappa shape index (κ2) is 6.12. The van der Waals surface area contributed by atoms with Crippen LogP contribution in [-0.4, -0.2) is 6.61 Å². The summed E-state index contributed by atoms with van der Waals surface area (Å²) in [5.41, 5.74) is 0. The molecule has 0 radical (unpaired) electrons. The van der Waals surface area contributed by atoms with Crippen LogP contribution in [0.15, 0.2) is 12.1 Å². The van der Waals surface area contributed by atoms with Crippen molar-refractivity contribution in [2.24, 2.45) is 0 Å². The van der Waals surface area contributed by atoms with Crippen LogP contribution in [0, 0.1) is 12.3 Å². The van der Waals surface area contributed by atoms with Crippen LogP contribution in [0.3, 0.4) is 0 Å². The van der Waals surface area contributed by atoms with Crippen molar-refractivity contribution in [1.29, 1.82) is 0 Å². The lowest BCUT2D eigenvalue weighted by molar-refractivity contribution is 0.313. The third kappa shape index (κ3) is 3.83. The molecule has 4 heteroatoms. The third-order valence-corrected chi connectivity index (χ3v) is 2.72. The van der Waals surface area contributed by atoms with E-state index < -0.39 is 0 Å². The predicted molar refractivity (Wildman–Crippen MR) is 65.0 cm³/mol. The molecule has 0 saturated heterocycles. The minimum Gasteiger partial charge on any atom is -0.492 e. The van der Waals surface area contributed by atoms with E-state index in [1.807, 2.05) is 0 Å². The number of unbranched alkanes of at least 4 members (excludes halogenated alkanes) is 1. The highest BCUT2D eigenvalue weighted by Gasteiger charge is 2.06. The fourth-order valence-corrected chi connectivity index (χ4v) is 1.56. The highest BCUT2D eigenvalue weighted by atomic mass is 35.5. The summed E-state index contributed by atoms with van der Waals surface area (Å²) in [6.07, 6.45) is 6.58. The molecule has 1 aromatic rings. The van der Waals surface area contributed by atoms with Crippen molar-refractivity contribution in [3.05, 3.63) is 27.2 Å². The van der Waals surface area contributed by atoms with Crippen molar-refractivity contribution in [2.75, 3.05) is 6.61 Å². The van der Waals surface area contributed by atoms with Crippen LogP contribution in [0.25, 0.3) is 0 Å². The zero-order valence-corrected chi connectivity index (χ0v) is 10.2. The third-order valence-electron chi connectivity index (χ3n) is 1.70. The molecule has 0 aliphatic heterocycles. The molecule has 0 saturated carbocycles. The van der Waals surface area contributed by atoms with Gasteiger partial charge in [-0.1, -0.05) is 34.8 Å². The molecular weight excluding hydrogens is 254 g/mol. The number of hydrogen-bond acceptors (Lipinski definition) is 1. The Morgan fingerprint density at radius 1 is 1.13 bits per heavy atom. The summed E-state index contributed by atoms with van der Waals surface area (Å²) in [5, 5.41) is 1.29. The monoisotopic (exact) mass is 262 g/mol. The van der Waals surface area contributed by atoms with Gasteiger partial charge in [0.05, 0.1) is 21.7 Å². The molecule has 0 heterocycles. The summed E-state index contributed by atoms with van der Waals surface area (Å²) >= 11 is 17.5. The van der Waals surface area contributed by atoms with Crippen molar-refractivity contribution in [3.63, 3.8) is 0 Å². The summed E-state index contributed by atoms with van der Waals surface area (Å²) in [6.45, 7) is 0.516. The molecule has 80 valence electrons. The summed E-state index contributed by atoms with van der Waals surface area (Å²) < 4.78 is 5.40.